The van der Waals surface area contributed by atoms with Gasteiger partial charge in [0.15, 0.2) is 16.9 Å². The summed E-state index contributed by atoms with van der Waals surface area (Å²) >= 11 is 0. The van der Waals surface area contributed by atoms with Gasteiger partial charge in [-0.2, -0.15) is 0 Å². The first kappa shape index (κ1) is 21.9. The molecule has 1 aliphatic heterocycles. The van der Waals surface area contributed by atoms with Crippen LogP contribution in [0.5, 0.6) is 11.5 Å². The largest absolute Gasteiger partial charge is 0.460 e. The van der Waals surface area contributed by atoms with Crippen LogP contribution in [-0.2, 0) is 20.7 Å². The Bertz CT molecular complexity index is 1130. The summed E-state index contributed by atoms with van der Waals surface area (Å²) in [6, 6.07) is 6.02. The SMILES string of the molecule is CC(C)(C)OC(=O)Cc1ccc(Oc2ccnc3ncc(N4CCOCC4)nc23)cc1F. The lowest BCUT2D eigenvalue weighted by Crippen LogP contribution is -2.36. The van der Waals surface area contributed by atoms with Crippen LogP contribution in [-0.4, -0.2) is 52.8 Å². The van der Waals surface area contributed by atoms with Gasteiger partial charge in [0.05, 0.1) is 25.8 Å². The molecule has 1 aliphatic rings. The quantitative estimate of drug-likeness (QED) is 0.556. The number of rotatable bonds is 5. The molecule has 0 bridgehead atoms. The van der Waals surface area contributed by atoms with E-state index in [1.165, 1.54) is 12.1 Å². The Morgan fingerprint density at radius 2 is 1.97 bits per heavy atom. The molecule has 9 heteroatoms. The number of halogens is 1. The second-order valence-corrected chi connectivity index (χ2v) is 8.43. The van der Waals surface area contributed by atoms with Crippen LogP contribution in [0.3, 0.4) is 0 Å². The Morgan fingerprint density at radius 1 is 1.19 bits per heavy atom. The number of fused-ring (bicyclic) bond motifs is 1. The van der Waals surface area contributed by atoms with Gasteiger partial charge in [0.25, 0.3) is 0 Å². The minimum absolute atomic E-state index is 0.157. The highest BCUT2D eigenvalue weighted by Crippen LogP contribution is 2.29. The van der Waals surface area contributed by atoms with E-state index in [-0.39, 0.29) is 17.7 Å². The molecule has 0 saturated carbocycles. The normalized spacial score (nSPS) is 14.4. The number of morpholine rings is 1. The van der Waals surface area contributed by atoms with Crippen molar-refractivity contribution in [3.8, 4) is 11.5 Å². The van der Waals surface area contributed by atoms with Gasteiger partial charge in [0.1, 0.15) is 23.0 Å². The van der Waals surface area contributed by atoms with Crippen molar-refractivity contribution in [3.63, 3.8) is 0 Å². The Kier molecular flexibility index (Phi) is 6.18. The molecular weight excluding hydrogens is 415 g/mol. The number of hydrogen-bond acceptors (Lipinski definition) is 8. The lowest BCUT2D eigenvalue weighted by atomic mass is 10.1. The standard InChI is InChI=1S/C23H25FN4O4/c1-23(2,3)32-20(29)12-15-4-5-16(13-17(15)24)31-18-6-7-25-22-21(18)27-19(14-26-22)28-8-10-30-11-9-28/h4-7,13-14H,8-12H2,1-3H3. The first-order valence-corrected chi connectivity index (χ1v) is 10.4. The highest BCUT2D eigenvalue weighted by atomic mass is 19.1. The first-order valence-electron chi connectivity index (χ1n) is 10.4. The number of nitrogens with zero attached hydrogens (tertiary/aromatic N) is 4. The van der Waals surface area contributed by atoms with Crippen LogP contribution in [0.25, 0.3) is 11.2 Å². The van der Waals surface area contributed by atoms with Crippen molar-refractivity contribution in [3.05, 3.63) is 48.0 Å². The molecule has 168 valence electrons. The van der Waals surface area contributed by atoms with Gasteiger partial charge >= 0.3 is 5.97 Å². The van der Waals surface area contributed by atoms with Crippen LogP contribution in [0.1, 0.15) is 26.3 Å². The Morgan fingerprint density at radius 3 is 2.69 bits per heavy atom. The number of hydrogen-bond donors (Lipinski definition) is 0. The van der Waals surface area contributed by atoms with Crippen LogP contribution in [0.4, 0.5) is 10.2 Å². The van der Waals surface area contributed by atoms with Gasteiger partial charge in [-0.25, -0.2) is 19.3 Å². The van der Waals surface area contributed by atoms with Crippen molar-refractivity contribution in [1.29, 1.82) is 0 Å². The number of pyridine rings is 1. The Balaban J connectivity index is 1.55. The fraction of sp³-hybridized carbons (Fsp3) is 0.391. The summed E-state index contributed by atoms with van der Waals surface area (Å²) in [5.74, 6) is 0.360. The summed E-state index contributed by atoms with van der Waals surface area (Å²) in [6.07, 6.45) is 3.08. The van der Waals surface area contributed by atoms with E-state index in [1.807, 2.05) is 0 Å². The molecule has 0 amide bonds. The molecule has 2 aromatic heterocycles. The number of carbonyl (C=O) groups is 1. The molecule has 8 nitrogen and oxygen atoms in total. The van der Waals surface area contributed by atoms with Gasteiger partial charge in [-0.3, -0.25) is 4.79 Å². The highest BCUT2D eigenvalue weighted by molar-refractivity contribution is 5.79. The zero-order valence-electron chi connectivity index (χ0n) is 18.3. The Labute approximate surface area is 185 Å². The molecule has 32 heavy (non-hydrogen) atoms. The minimum atomic E-state index is -0.625. The maximum absolute atomic E-state index is 14.6. The number of anilines is 1. The average molecular weight is 440 g/mol. The first-order chi connectivity index (χ1) is 15.3. The van der Waals surface area contributed by atoms with Gasteiger partial charge in [-0.05, 0) is 32.4 Å². The molecule has 1 aromatic carbocycles. The van der Waals surface area contributed by atoms with Gasteiger partial charge in [-0.15, -0.1) is 0 Å². The predicted octanol–water partition coefficient (Wildman–Crippen LogP) is 3.68. The summed E-state index contributed by atoms with van der Waals surface area (Å²) < 4.78 is 31.2. The van der Waals surface area contributed by atoms with E-state index < -0.39 is 17.4 Å². The van der Waals surface area contributed by atoms with E-state index in [4.69, 9.17) is 14.2 Å². The zero-order chi connectivity index (χ0) is 22.7. The highest BCUT2D eigenvalue weighted by Gasteiger charge is 2.19. The van der Waals surface area contributed by atoms with Crippen molar-refractivity contribution < 1.29 is 23.4 Å². The minimum Gasteiger partial charge on any atom is -0.460 e. The third-order valence-corrected chi connectivity index (χ3v) is 4.74. The van der Waals surface area contributed by atoms with Crippen molar-refractivity contribution >= 4 is 23.0 Å². The van der Waals surface area contributed by atoms with Gasteiger partial charge in [0, 0.05) is 31.4 Å². The number of ether oxygens (including phenoxy) is 3. The molecule has 1 fully saturated rings. The molecule has 0 N–H and O–H groups in total. The maximum Gasteiger partial charge on any atom is 0.310 e. The molecular formula is C23H25FN4O4. The van der Waals surface area contributed by atoms with Crippen molar-refractivity contribution in [2.45, 2.75) is 32.8 Å². The van der Waals surface area contributed by atoms with Crippen molar-refractivity contribution in [2.24, 2.45) is 0 Å². The molecule has 3 heterocycles. The van der Waals surface area contributed by atoms with Crippen LogP contribution >= 0.6 is 0 Å². The summed E-state index contributed by atoms with van der Waals surface area (Å²) in [6.45, 7) is 8.01. The molecule has 4 rings (SSSR count). The van der Waals surface area contributed by atoms with Crippen LogP contribution in [0.15, 0.2) is 36.7 Å². The molecule has 1 saturated heterocycles. The fourth-order valence-corrected chi connectivity index (χ4v) is 3.31. The summed E-state index contributed by atoms with van der Waals surface area (Å²) in [7, 11) is 0. The van der Waals surface area contributed by atoms with E-state index in [1.54, 1.807) is 45.3 Å². The molecule has 0 aliphatic carbocycles. The molecule has 0 unspecified atom stereocenters. The summed E-state index contributed by atoms with van der Waals surface area (Å²) in [5, 5.41) is 0. The molecule has 3 aromatic rings. The third-order valence-electron chi connectivity index (χ3n) is 4.74. The van der Waals surface area contributed by atoms with Crippen molar-refractivity contribution in [1.82, 2.24) is 15.0 Å². The van der Waals surface area contributed by atoms with Crippen LogP contribution in [0, 0.1) is 5.82 Å². The number of carbonyl (C=O) groups excluding carboxylic acids is 1. The monoisotopic (exact) mass is 440 g/mol. The number of esters is 1. The van der Waals surface area contributed by atoms with Gasteiger partial charge < -0.3 is 19.1 Å². The van der Waals surface area contributed by atoms with E-state index in [0.29, 0.717) is 35.9 Å². The number of benzene rings is 1. The van der Waals surface area contributed by atoms with Crippen LogP contribution < -0.4 is 9.64 Å². The fourth-order valence-electron chi connectivity index (χ4n) is 3.31. The van der Waals surface area contributed by atoms with E-state index in [2.05, 4.69) is 19.9 Å². The van der Waals surface area contributed by atoms with E-state index in [0.717, 1.165) is 13.1 Å². The second-order valence-electron chi connectivity index (χ2n) is 8.43. The summed E-state index contributed by atoms with van der Waals surface area (Å²) in [4.78, 5) is 27.4. The molecule has 0 radical (unpaired) electrons. The predicted molar refractivity (Wildman–Crippen MR) is 116 cm³/mol. The summed E-state index contributed by atoms with van der Waals surface area (Å²) in [5.41, 5.74) is 0.525. The third kappa shape index (κ3) is 5.28. The molecule has 0 spiro atoms. The zero-order valence-corrected chi connectivity index (χ0v) is 18.3. The molecule has 0 atom stereocenters. The lowest BCUT2D eigenvalue weighted by molar-refractivity contribution is -0.153. The smallest absolute Gasteiger partial charge is 0.310 e. The average Bonchev–Trinajstić information content (AvgIpc) is 2.75. The van der Waals surface area contributed by atoms with E-state index in [9.17, 15) is 9.18 Å². The number of aromatic nitrogens is 3. The van der Waals surface area contributed by atoms with E-state index >= 15 is 0 Å². The second kappa shape index (κ2) is 9.04. The van der Waals surface area contributed by atoms with Gasteiger partial charge in [0.2, 0.25) is 0 Å². The Hall–Kier alpha value is -3.33. The van der Waals surface area contributed by atoms with Crippen molar-refractivity contribution in [2.75, 3.05) is 31.2 Å². The van der Waals surface area contributed by atoms with Gasteiger partial charge in [-0.1, -0.05) is 6.07 Å². The topological polar surface area (TPSA) is 86.7 Å². The van der Waals surface area contributed by atoms with Crippen LogP contribution in [0.2, 0.25) is 0 Å². The lowest BCUT2D eigenvalue weighted by Gasteiger charge is -2.27. The maximum atomic E-state index is 14.6.